The molecule has 3 rings (SSSR count). The van der Waals surface area contributed by atoms with E-state index in [1.807, 2.05) is 19.1 Å². The molecule has 0 bridgehead atoms. The van der Waals surface area contributed by atoms with Gasteiger partial charge in [-0.25, -0.2) is 8.42 Å². The van der Waals surface area contributed by atoms with E-state index in [9.17, 15) is 18.5 Å². The lowest BCUT2D eigenvalue weighted by atomic mass is 10.1. The molecule has 2 heterocycles. The Morgan fingerprint density at radius 2 is 2.00 bits per heavy atom. The van der Waals surface area contributed by atoms with Crippen LogP contribution in [0.4, 0.5) is 11.4 Å². The van der Waals surface area contributed by atoms with Gasteiger partial charge in [-0.1, -0.05) is 6.42 Å². The summed E-state index contributed by atoms with van der Waals surface area (Å²) in [5.41, 5.74) is 0.0810. The van der Waals surface area contributed by atoms with E-state index in [-0.39, 0.29) is 16.6 Å². The highest BCUT2D eigenvalue weighted by atomic mass is 32.2. The number of hydrogen-bond donors (Lipinski definition) is 1. The predicted octanol–water partition coefficient (Wildman–Crippen LogP) is 3.80. The number of aryl methyl sites for hydroxylation is 1. The highest BCUT2D eigenvalue weighted by Gasteiger charge is 2.28. The second kappa shape index (κ2) is 8.74. The van der Waals surface area contributed by atoms with Gasteiger partial charge in [0.1, 0.15) is 11.4 Å². The number of sulfonamides is 1. The number of furan rings is 1. The van der Waals surface area contributed by atoms with Crippen LogP contribution in [0.5, 0.6) is 0 Å². The number of nitro groups is 1. The Balaban J connectivity index is 1.76. The zero-order valence-corrected chi connectivity index (χ0v) is 16.7. The SMILES string of the molecule is C[C@@H](CCc1ccco1)Nc1ccc(S(=O)(=O)N2CCCCC2)cc1[N+](=O)[O-]. The van der Waals surface area contributed by atoms with Crippen molar-refractivity contribution in [2.24, 2.45) is 0 Å². The summed E-state index contributed by atoms with van der Waals surface area (Å²) in [6.07, 6.45) is 5.67. The van der Waals surface area contributed by atoms with Gasteiger partial charge in [0.05, 0.1) is 16.1 Å². The first kappa shape index (κ1) is 20.3. The van der Waals surface area contributed by atoms with Gasteiger partial charge in [0.15, 0.2) is 0 Å². The summed E-state index contributed by atoms with van der Waals surface area (Å²) in [4.78, 5) is 11.0. The Bertz CT molecular complexity index is 906. The van der Waals surface area contributed by atoms with Gasteiger partial charge >= 0.3 is 0 Å². The standard InChI is InChI=1S/C19H25N3O5S/c1-15(7-8-16-6-5-13-27-16)20-18-10-9-17(14-19(18)22(23)24)28(25,26)21-11-3-2-4-12-21/h5-6,9-10,13-15,20H,2-4,7-8,11-12H2,1H3/t15-/m0/s1. The quantitative estimate of drug-likeness (QED) is 0.527. The summed E-state index contributed by atoms with van der Waals surface area (Å²) in [5, 5.41) is 14.7. The van der Waals surface area contributed by atoms with Gasteiger partial charge in [-0.05, 0) is 50.5 Å². The van der Waals surface area contributed by atoms with Crippen LogP contribution in [0.15, 0.2) is 45.9 Å². The number of nitro benzene ring substituents is 1. The minimum atomic E-state index is -3.71. The molecule has 1 aromatic heterocycles. The molecule has 0 amide bonds. The minimum Gasteiger partial charge on any atom is -0.469 e. The van der Waals surface area contributed by atoms with Gasteiger partial charge in [0, 0.05) is 31.6 Å². The van der Waals surface area contributed by atoms with Gasteiger partial charge in [-0.3, -0.25) is 10.1 Å². The van der Waals surface area contributed by atoms with Crippen molar-refractivity contribution in [2.75, 3.05) is 18.4 Å². The van der Waals surface area contributed by atoms with E-state index in [1.165, 1.54) is 16.4 Å². The van der Waals surface area contributed by atoms with E-state index >= 15 is 0 Å². The first-order valence-corrected chi connectivity index (χ1v) is 10.9. The maximum Gasteiger partial charge on any atom is 0.293 e. The number of benzene rings is 1. The van der Waals surface area contributed by atoms with Crippen molar-refractivity contribution in [3.05, 3.63) is 52.5 Å². The van der Waals surface area contributed by atoms with Crippen molar-refractivity contribution in [1.29, 1.82) is 0 Å². The molecule has 1 aromatic carbocycles. The number of rotatable bonds is 8. The number of piperidine rings is 1. The lowest BCUT2D eigenvalue weighted by molar-refractivity contribution is -0.384. The fourth-order valence-electron chi connectivity index (χ4n) is 3.35. The van der Waals surface area contributed by atoms with Crippen LogP contribution in [0.3, 0.4) is 0 Å². The van der Waals surface area contributed by atoms with Crippen LogP contribution in [0.2, 0.25) is 0 Å². The maximum absolute atomic E-state index is 12.8. The molecule has 9 heteroatoms. The summed E-state index contributed by atoms with van der Waals surface area (Å²) >= 11 is 0. The molecule has 28 heavy (non-hydrogen) atoms. The van der Waals surface area contributed by atoms with Gasteiger partial charge < -0.3 is 9.73 Å². The van der Waals surface area contributed by atoms with Crippen molar-refractivity contribution in [2.45, 2.75) is 50.0 Å². The molecular weight excluding hydrogens is 382 g/mol. The normalized spacial score (nSPS) is 16.6. The Morgan fingerprint density at radius 1 is 1.25 bits per heavy atom. The van der Waals surface area contributed by atoms with Crippen LogP contribution in [0.1, 0.15) is 38.4 Å². The Hall–Kier alpha value is -2.39. The van der Waals surface area contributed by atoms with Crippen molar-refractivity contribution < 1.29 is 17.8 Å². The third kappa shape index (κ3) is 4.71. The Labute approximate surface area is 164 Å². The average Bonchev–Trinajstić information content (AvgIpc) is 3.21. The van der Waals surface area contributed by atoms with E-state index in [1.54, 1.807) is 6.26 Å². The van der Waals surface area contributed by atoms with Gasteiger partial charge in [-0.2, -0.15) is 4.31 Å². The molecule has 1 saturated heterocycles. The molecule has 1 N–H and O–H groups in total. The molecule has 1 atom stereocenters. The van der Waals surface area contributed by atoms with Crippen molar-refractivity contribution >= 4 is 21.4 Å². The summed E-state index contributed by atoms with van der Waals surface area (Å²) in [6.45, 7) is 2.84. The summed E-state index contributed by atoms with van der Waals surface area (Å²) in [7, 11) is -3.71. The number of hydrogen-bond acceptors (Lipinski definition) is 6. The van der Waals surface area contributed by atoms with Crippen molar-refractivity contribution in [3.8, 4) is 0 Å². The van der Waals surface area contributed by atoms with Crippen LogP contribution in [-0.4, -0.2) is 36.8 Å². The molecule has 0 radical (unpaired) electrons. The molecule has 2 aromatic rings. The van der Waals surface area contributed by atoms with Crippen LogP contribution in [-0.2, 0) is 16.4 Å². The summed E-state index contributed by atoms with van der Waals surface area (Å²) in [6, 6.07) is 7.74. The van der Waals surface area contributed by atoms with Gasteiger partial charge in [0.2, 0.25) is 10.0 Å². The van der Waals surface area contributed by atoms with E-state index < -0.39 is 14.9 Å². The predicted molar refractivity (Wildman–Crippen MR) is 106 cm³/mol. The fourth-order valence-corrected chi connectivity index (χ4v) is 4.89. The van der Waals surface area contributed by atoms with Crippen molar-refractivity contribution in [3.63, 3.8) is 0 Å². The first-order valence-electron chi connectivity index (χ1n) is 9.45. The van der Waals surface area contributed by atoms with Gasteiger partial charge in [0.25, 0.3) is 5.69 Å². The molecule has 0 spiro atoms. The second-order valence-electron chi connectivity index (χ2n) is 7.06. The molecule has 0 unspecified atom stereocenters. The Morgan fingerprint density at radius 3 is 2.64 bits per heavy atom. The van der Waals surface area contributed by atoms with Crippen molar-refractivity contribution in [1.82, 2.24) is 4.31 Å². The lowest BCUT2D eigenvalue weighted by Gasteiger charge is -2.26. The molecule has 1 aliphatic heterocycles. The van der Waals surface area contributed by atoms with E-state index in [4.69, 9.17) is 4.42 Å². The number of nitrogens with one attached hydrogen (secondary N) is 1. The summed E-state index contributed by atoms with van der Waals surface area (Å²) < 4.78 is 32.3. The fraction of sp³-hybridized carbons (Fsp3) is 0.474. The third-order valence-corrected chi connectivity index (χ3v) is 6.82. The van der Waals surface area contributed by atoms with Crippen LogP contribution >= 0.6 is 0 Å². The number of anilines is 1. The monoisotopic (exact) mass is 407 g/mol. The Kier molecular flexibility index (Phi) is 6.35. The zero-order valence-electron chi connectivity index (χ0n) is 15.8. The zero-order chi connectivity index (χ0) is 20.1. The number of nitrogens with zero attached hydrogens (tertiary/aromatic N) is 2. The smallest absolute Gasteiger partial charge is 0.293 e. The third-order valence-electron chi connectivity index (χ3n) is 4.92. The second-order valence-corrected chi connectivity index (χ2v) is 9.00. The average molecular weight is 407 g/mol. The summed E-state index contributed by atoms with van der Waals surface area (Å²) in [5.74, 6) is 0.853. The van der Waals surface area contributed by atoms with Gasteiger partial charge in [-0.15, -0.1) is 0 Å². The molecule has 0 aliphatic carbocycles. The molecule has 0 saturated carbocycles. The first-order chi connectivity index (χ1) is 13.4. The van der Waals surface area contributed by atoms with E-state index in [0.29, 0.717) is 25.2 Å². The lowest BCUT2D eigenvalue weighted by Crippen LogP contribution is -2.35. The molecule has 8 nitrogen and oxygen atoms in total. The molecular formula is C19H25N3O5S. The highest BCUT2D eigenvalue weighted by molar-refractivity contribution is 7.89. The highest BCUT2D eigenvalue weighted by Crippen LogP contribution is 2.30. The molecule has 1 fully saturated rings. The molecule has 1 aliphatic rings. The van der Waals surface area contributed by atoms with Crippen LogP contribution in [0, 0.1) is 10.1 Å². The van der Waals surface area contributed by atoms with E-state index in [2.05, 4.69) is 5.32 Å². The van der Waals surface area contributed by atoms with Crippen LogP contribution in [0.25, 0.3) is 0 Å². The maximum atomic E-state index is 12.8. The molecule has 152 valence electrons. The van der Waals surface area contributed by atoms with Crippen LogP contribution < -0.4 is 5.32 Å². The topological polar surface area (TPSA) is 106 Å². The largest absolute Gasteiger partial charge is 0.469 e. The minimum absolute atomic E-state index is 0.0325. The van der Waals surface area contributed by atoms with E-state index in [0.717, 1.165) is 37.5 Å².